The van der Waals surface area contributed by atoms with E-state index < -0.39 is 0 Å². The molecule has 1 saturated heterocycles. The first-order chi connectivity index (χ1) is 15.6. The summed E-state index contributed by atoms with van der Waals surface area (Å²) in [6.07, 6.45) is 4.86. The van der Waals surface area contributed by atoms with Gasteiger partial charge < -0.3 is 14.2 Å². The number of rotatable bonds is 4. The summed E-state index contributed by atoms with van der Waals surface area (Å²) in [5, 5.41) is 0. The molecule has 5 rings (SSSR count). The van der Waals surface area contributed by atoms with Crippen molar-refractivity contribution in [1.82, 2.24) is 14.8 Å². The Morgan fingerprint density at radius 3 is 2.31 bits per heavy atom. The van der Waals surface area contributed by atoms with Crippen molar-refractivity contribution in [1.29, 1.82) is 0 Å². The fraction of sp³-hybridized carbons (Fsp3) is 0.346. The number of oxazole rings is 1. The largest absolute Gasteiger partial charge is 0.436 e. The molecule has 1 saturated carbocycles. The van der Waals surface area contributed by atoms with E-state index >= 15 is 0 Å². The molecule has 1 aliphatic heterocycles. The molecule has 1 aromatic heterocycles. The Hall–Kier alpha value is -3.41. The standard InChI is InChI=1S/C26H27N3O3/c1-18-9-11-19(12-10-18)23-17-27-24(32-23)21-7-2-3-8-22(21)26(31)29-15-13-28(14-16-29)25(30)20-5-4-6-20/h2-3,7-12,17,20H,4-6,13-16H2,1H3. The highest BCUT2D eigenvalue weighted by Crippen LogP contribution is 2.30. The van der Waals surface area contributed by atoms with E-state index in [4.69, 9.17) is 4.42 Å². The normalized spacial score (nSPS) is 16.7. The lowest BCUT2D eigenvalue weighted by Gasteiger charge is -2.38. The molecule has 32 heavy (non-hydrogen) atoms. The molecule has 0 bridgehead atoms. The average molecular weight is 430 g/mol. The molecule has 3 aromatic rings. The number of nitrogens with zero attached hydrogens (tertiary/aromatic N) is 3. The predicted octanol–water partition coefficient (Wildman–Crippen LogP) is 4.40. The highest BCUT2D eigenvalue weighted by molar-refractivity contribution is 6.00. The summed E-state index contributed by atoms with van der Waals surface area (Å²) < 4.78 is 6.03. The van der Waals surface area contributed by atoms with Gasteiger partial charge in [-0.2, -0.15) is 0 Å². The highest BCUT2D eigenvalue weighted by Gasteiger charge is 2.32. The third-order valence-corrected chi connectivity index (χ3v) is 6.56. The Morgan fingerprint density at radius 1 is 0.938 bits per heavy atom. The molecule has 0 radical (unpaired) electrons. The number of carbonyl (C=O) groups is 2. The van der Waals surface area contributed by atoms with E-state index in [1.165, 1.54) is 5.56 Å². The van der Waals surface area contributed by atoms with E-state index in [0.717, 1.165) is 24.8 Å². The van der Waals surface area contributed by atoms with Crippen LogP contribution in [0.4, 0.5) is 0 Å². The molecule has 6 nitrogen and oxygen atoms in total. The fourth-order valence-electron chi connectivity index (χ4n) is 4.32. The summed E-state index contributed by atoms with van der Waals surface area (Å²) in [5.41, 5.74) is 3.39. The van der Waals surface area contributed by atoms with Crippen LogP contribution in [0.1, 0.15) is 35.2 Å². The van der Waals surface area contributed by atoms with Crippen LogP contribution in [-0.4, -0.2) is 52.8 Å². The van der Waals surface area contributed by atoms with Crippen molar-refractivity contribution in [2.24, 2.45) is 5.92 Å². The minimum absolute atomic E-state index is 0.0496. The van der Waals surface area contributed by atoms with Crippen LogP contribution in [0, 0.1) is 12.8 Å². The zero-order valence-corrected chi connectivity index (χ0v) is 18.3. The Kier molecular flexibility index (Phi) is 5.52. The van der Waals surface area contributed by atoms with Crippen molar-refractivity contribution in [3.8, 4) is 22.8 Å². The van der Waals surface area contributed by atoms with Gasteiger partial charge in [0, 0.05) is 43.2 Å². The van der Waals surface area contributed by atoms with Crippen LogP contribution >= 0.6 is 0 Å². The second-order valence-electron chi connectivity index (χ2n) is 8.69. The van der Waals surface area contributed by atoms with Gasteiger partial charge in [-0.15, -0.1) is 0 Å². The maximum atomic E-state index is 13.3. The highest BCUT2D eigenvalue weighted by atomic mass is 16.4. The lowest BCUT2D eigenvalue weighted by molar-refractivity contribution is -0.139. The minimum Gasteiger partial charge on any atom is -0.436 e. The lowest BCUT2D eigenvalue weighted by atomic mass is 9.84. The summed E-state index contributed by atoms with van der Waals surface area (Å²) in [6, 6.07) is 15.5. The van der Waals surface area contributed by atoms with Crippen LogP contribution in [0.5, 0.6) is 0 Å². The van der Waals surface area contributed by atoms with Gasteiger partial charge >= 0.3 is 0 Å². The van der Waals surface area contributed by atoms with Crippen LogP contribution in [0.3, 0.4) is 0 Å². The molecule has 164 valence electrons. The van der Waals surface area contributed by atoms with Gasteiger partial charge in [0.15, 0.2) is 5.76 Å². The zero-order valence-electron chi connectivity index (χ0n) is 18.3. The van der Waals surface area contributed by atoms with E-state index in [1.807, 2.05) is 65.3 Å². The van der Waals surface area contributed by atoms with E-state index in [0.29, 0.717) is 49.0 Å². The molecule has 2 aliphatic rings. The minimum atomic E-state index is -0.0496. The van der Waals surface area contributed by atoms with Gasteiger partial charge in [-0.3, -0.25) is 9.59 Å². The quantitative estimate of drug-likeness (QED) is 0.617. The molecule has 2 heterocycles. The van der Waals surface area contributed by atoms with Crippen molar-refractivity contribution in [2.75, 3.05) is 26.2 Å². The number of hydrogen-bond donors (Lipinski definition) is 0. The van der Waals surface area contributed by atoms with Crippen LogP contribution in [0.25, 0.3) is 22.8 Å². The number of amides is 2. The van der Waals surface area contributed by atoms with E-state index in [9.17, 15) is 9.59 Å². The third-order valence-electron chi connectivity index (χ3n) is 6.56. The first kappa shape index (κ1) is 20.5. The average Bonchev–Trinajstić information content (AvgIpc) is 3.28. The van der Waals surface area contributed by atoms with Crippen LogP contribution in [0.15, 0.2) is 59.1 Å². The molecule has 0 N–H and O–H groups in total. The van der Waals surface area contributed by atoms with Crippen molar-refractivity contribution >= 4 is 11.8 Å². The number of benzene rings is 2. The van der Waals surface area contributed by atoms with Crippen LogP contribution in [-0.2, 0) is 4.79 Å². The van der Waals surface area contributed by atoms with E-state index in [-0.39, 0.29) is 17.7 Å². The van der Waals surface area contributed by atoms with Gasteiger partial charge in [-0.25, -0.2) is 4.98 Å². The monoisotopic (exact) mass is 429 g/mol. The van der Waals surface area contributed by atoms with Gasteiger partial charge in [0.05, 0.1) is 11.8 Å². The molecule has 0 spiro atoms. The van der Waals surface area contributed by atoms with E-state index in [1.54, 1.807) is 6.20 Å². The zero-order chi connectivity index (χ0) is 22.1. The Bertz CT molecular complexity index is 1120. The van der Waals surface area contributed by atoms with Crippen molar-refractivity contribution < 1.29 is 14.0 Å². The molecular formula is C26H27N3O3. The molecule has 6 heteroatoms. The van der Waals surface area contributed by atoms with Gasteiger partial charge in [0.2, 0.25) is 11.8 Å². The maximum Gasteiger partial charge on any atom is 0.254 e. The number of carbonyl (C=O) groups excluding carboxylic acids is 2. The van der Waals surface area contributed by atoms with Crippen LogP contribution in [0.2, 0.25) is 0 Å². The molecule has 2 aromatic carbocycles. The predicted molar refractivity (Wildman–Crippen MR) is 122 cm³/mol. The SMILES string of the molecule is Cc1ccc(-c2cnc(-c3ccccc3C(=O)N3CCN(C(=O)C4CCC4)CC3)o2)cc1. The fourth-order valence-corrected chi connectivity index (χ4v) is 4.32. The van der Waals surface area contributed by atoms with Crippen LogP contribution < -0.4 is 0 Å². The Morgan fingerprint density at radius 2 is 1.62 bits per heavy atom. The smallest absolute Gasteiger partial charge is 0.254 e. The van der Waals surface area contributed by atoms with E-state index in [2.05, 4.69) is 4.98 Å². The van der Waals surface area contributed by atoms with Gasteiger partial charge in [-0.05, 0) is 31.9 Å². The molecule has 1 aliphatic carbocycles. The summed E-state index contributed by atoms with van der Waals surface area (Å²) >= 11 is 0. The Balaban J connectivity index is 1.32. The summed E-state index contributed by atoms with van der Waals surface area (Å²) in [4.78, 5) is 34.0. The number of aryl methyl sites for hydroxylation is 1. The topological polar surface area (TPSA) is 66.7 Å². The molecular weight excluding hydrogens is 402 g/mol. The number of piperazine rings is 1. The summed E-state index contributed by atoms with van der Waals surface area (Å²) in [7, 11) is 0. The van der Waals surface area contributed by atoms with Gasteiger partial charge in [0.25, 0.3) is 5.91 Å². The third kappa shape index (κ3) is 3.93. The Labute approximate surface area is 187 Å². The maximum absolute atomic E-state index is 13.3. The van der Waals surface area contributed by atoms with Crippen molar-refractivity contribution in [3.63, 3.8) is 0 Å². The lowest BCUT2D eigenvalue weighted by Crippen LogP contribution is -2.52. The summed E-state index contributed by atoms with van der Waals surface area (Å²) in [6.45, 7) is 4.33. The number of hydrogen-bond acceptors (Lipinski definition) is 4. The second-order valence-corrected chi connectivity index (χ2v) is 8.69. The van der Waals surface area contributed by atoms with Gasteiger partial charge in [-0.1, -0.05) is 48.4 Å². The molecule has 2 amide bonds. The number of aromatic nitrogens is 1. The van der Waals surface area contributed by atoms with Gasteiger partial charge in [0.1, 0.15) is 0 Å². The molecule has 2 fully saturated rings. The first-order valence-corrected chi connectivity index (χ1v) is 11.3. The molecule has 0 atom stereocenters. The molecule has 0 unspecified atom stereocenters. The second kappa shape index (κ2) is 8.61. The van der Waals surface area contributed by atoms with Crippen molar-refractivity contribution in [3.05, 3.63) is 65.9 Å². The summed E-state index contributed by atoms with van der Waals surface area (Å²) in [5.74, 6) is 1.51. The van der Waals surface area contributed by atoms with Crippen molar-refractivity contribution in [2.45, 2.75) is 26.2 Å². The first-order valence-electron chi connectivity index (χ1n) is 11.3.